The maximum atomic E-state index is 10.7. The average Bonchev–Trinajstić information content (AvgIpc) is 2.56. The Kier molecular flexibility index (Phi) is 6.33. The van der Waals surface area contributed by atoms with E-state index in [1.54, 1.807) is 12.3 Å². The fraction of sp³-hybridized carbons (Fsp3) is 0.222. The van der Waals surface area contributed by atoms with Crippen molar-refractivity contribution in [2.24, 2.45) is 14.1 Å². The quantitative estimate of drug-likeness (QED) is 0.204. The number of nitrogens with zero attached hydrogens (tertiary/aromatic N) is 3. The normalized spacial score (nSPS) is 10.1. The van der Waals surface area contributed by atoms with E-state index in [1.807, 2.05) is 29.5 Å². The Morgan fingerprint density at radius 2 is 2.06 bits per heavy atom. The van der Waals surface area contributed by atoms with Crippen LogP contribution in [0, 0.1) is 10.1 Å². The second-order valence-corrected chi connectivity index (χ2v) is 19.5. The van der Waals surface area contributed by atoms with E-state index < -0.39 is 0 Å². The van der Waals surface area contributed by atoms with Gasteiger partial charge in [-0.1, -0.05) is 6.07 Å². The molecule has 94 valence electrons. The van der Waals surface area contributed by atoms with Crippen LogP contribution in [0.25, 0.3) is 10.9 Å². The summed E-state index contributed by atoms with van der Waals surface area (Å²) in [6, 6.07) is 5.07. The first kappa shape index (κ1) is 15.3. The first-order valence-corrected chi connectivity index (χ1v) is 17.1. The van der Waals surface area contributed by atoms with Gasteiger partial charge in [0.15, 0.2) is 7.05 Å². The number of hydrogen-bond acceptors (Lipinski definition) is 2. The zero-order valence-corrected chi connectivity index (χ0v) is 15.6. The molecule has 0 N–H and O–H groups in total. The molecular formula is C9H10I3N3O2. The van der Waals surface area contributed by atoms with Gasteiger partial charge in [0, 0.05) is 6.07 Å². The van der Waals surface area contributed by atoms with Crippen LogP contribution in [0.15, 0.2) is 24.4 Å². The van der Waals surface area contributed by atoms with Crippen LogP contribution in [0.5, 0.6) is 0 Å². The summed E-state index contributed by atoms with van der Waals surface area (Å²) in [6.45, 7) is 0. The van der Waals surface area contributed by atoms with Gasteiger partial charge in [0.2, 0.25) is 6.20 Å². The molecule has 2 rings (SSSR count). The monoisotopic (exact) mass is 573 g/mol. The number of benzene rings is 1. The first-order valence-electron chi connectivity index (χ1n) is 4.48. The van der Waals surface area contributed by atoms with Gasteiger partial charge in [0.1, 0.15) is 10.9 Å². The molecule has 1 aromatic carbocycles. The second kappa shape index (κ2) is 7.01. The van der Waals surface area contributed by atoms with E-state index in [4.69, 9.17) is 0 Å². The molecule has 1 heterocycles. The molecule has 17 heavy (non-hydrogen) atoms. The Balaban J connectivity index is 0.000000437. The summed E-state index contributed by atoms with van der Waals surface area (Å²) in [4.78, 5) is 10.4. The number of aryl methyl sites for hydroxylation is 2. The molecule has 0 saturated carbocycles. The van der Waals surface area contributed by atoms with E-state index in [9.17, 15) is 10.1 Å². The van der Waals surface area contributed by atoms with Crippen LogP contribution in [0.1, 0.15) is 0 Å². The third kappa shape index (κ3) is 3.62. The molecule has 0 atom stereocenters. The minimum absolute atomic E-state index is 0.152. The summed E-state index contributed by atoms with van der Waals surface area (Å²) in [5.41, 5.74) is 1.01. The summed E-state index contributed by atoms with van der Waals surface area (Å²) >= 11 is 5.30. The van der Waals surface area contributed by atoms with Crippen LogP contribution in [-0.4, -0.2) is 9.61 Å². The van der Waals surface area contributed by atoms with Crippen molar-refractivity contribution in [1.29, 1.82) is 0 Å². The molecule has 0 saturated heterocycles. The van der Waals surface area contributed by atoms with Crippen molar-refractivity contribution in [3.63, 3.8) is 0 Å². The Labute approximate surface area is 128 Å². The van der Waals surface area contributed by atoms with E-state index in [0.717, 1.165) is 5.52 Å². The van der Waals surface area contributed by atoms with E-state index in [0.29, 0.717) is 18.6 Å². The van der Waals surface area contributed by atoms with Gasteiger partial charge >= 0.3 is 50.5 Å². The summed E-state index contributed by atoms with van der Waals surface area (Å²) in [6.07, 6.45) is 1.76. The van der Waals surface area contributed by atoms with Crippen molar-refractivity contribution in [2.45, 2.75) is 0 Å². The van der Waals surface area contributed by atoms with Crippen molar-refractivity contribution in [3.05, 3.63) is 34.5 Å². The number of rotatable bonds is 1. The minimum atomic E-state index is -0.359. The molecule has 0 radical (unpaired) electrons. The van der Waals surface area contributed by atoms with Crippen LogP contribution in [0.2, 0.25) is 0 Å². The molecule has 8 heteroatoms. The average molecular weight is 573 g/mol. The van der Waals surface area contributed by atoms with Gasteiger partial charge in [-0.05, 0) is 6.07 Å². The molecule has 0 unspecified atom stereocenters. The molecule has 0 spiro atoms. The summed E-state index contributed by atoms with van der Waals surface area (Å²) in [5.74, 6) is 0. The second-order valence-electron chi connectivity index (χ2n) is 3.25. The molecule has 0 aliphatic carbocycles. The zero-order chi connectivity index (χ0) is 13.0. The number of halogens is 3. The van der Waals surface area contributed by atoms with E-state index >= 15 is 0 Å². The maximum absolute atomic E-state index is 10.7. The number of fused-ring (bicyclic) bond motifs is 1. The topological polar surface area (TPSA) is 51.9 Å². The van der Waals surface area contributed by atoms with Crippen LogP contribution < -0.4 is 17.9 Å². The number of non-ortho nitro benzene ring substituents is 1. The van der Waals surface area contributed by atoms with E-state index in [2.05, 4.69) is 37.2 Å². The Hall–Kier alpha value is 0.280. The van der Waals surface area contributed by atoms with Crippen molar-refractivity contribution in [1.82, 2.24) is 4.68 Å². The van der Waals surface area contributed by atoms with Crippen LogP contribution in [0.3, 0.4) is 0 Å². The fourth-order valence-electron chi connectivity index (χ4n) is 1.56. The van der Waals surface area contributed by atoms with Crippen molar-refractivity contribution >= 4 is 53.8 Å². The first-order chi connectivity index (χ1) is 8.02. The van der Waals surface area contributed by atoms with Gasteiger partial charge < -0.3 is 0 Å². The molecule has 5 nitrogen and oxygen atoms in total. The number of nitro groups is 1. The molecule has 0 fully saturated rings. The summed E-state index contributed by atoms with van der Waals surface area (Å²) in [5, 5.41) is 11.4. The molecule has 2 aromatic rings. The van der Waals surface area contributed by atoms with Gasteiger partial charge in [0.25, 0.3) is 5.69 Å². The van der Waals surface area contributed by atoms with Crippen LogP contribution in [0.4, 0.5) is 5.69 Å². The third-order valence-corrected chi connectivity index (χ3v) is 2.39. The molecular weight excluding hydrogens is 563 g/mol. The van der Waals surface area contributed by atoms with Gasteiger partial charge in [-0.25, -0.2) is 0 Å². The number of aromatic nitrogens is 2. The zero-order valence-electron chi connectivity index (χ0n) is 9.10. The standard InChI is InChI=1S/C9H10N3O2.I3/c1-10-6-7-8(11(10)2)4-3-5-9(7)12(13)14;1-3-2/h3-6H,1-2H3;/q+1;-1. The molecule has 0 bridgehead atoms. The SMILES string of the molecule is Cn1c2cccc([N+](=O)[O-])c2c[n+]1C.I[I-]I. The van der Waals surface area contributed by atoms with Gasteiger partial charge in [-0.2, -0.15) is 4.68 Å². The van der Waals surface area contributed by atoms with E-state index in [-0.39, 0.29) is 10.6 Å². The van der Waals surface area contributed by atoms with Crippen molar-refractivity contribution in [3.8, 4) is 0 Å². The summed E-state index contributed by atoms with van der Waals surface area (Å²) in [7, 11) is 3.72. The van der Waals surface area contributed by atoms with Crippen LogP contribution in [-0.2, 0) is 14.1 Å². The Morgan fingerprint density at radius 1 is 1.47 bits per heavy atom. The van der Waals surface area contributed by atoms with E-state index in [1.165, 1.54) is 6.07 Å². The van der Waals surface area contributed by atoms with Gasteiger partial charge in [-0.3, -0.25) is 10.1 Å². The number of nitro benzene ring substituents is 1. The van der Waals surface area contributed by atoms with Gasteiger partial charge in [0.05, 0.1) is 12.0 Å². The van der Waals surface area contributed by atoms with Gasteiger partial charge in [-0.15, -0.1) is 4.68 Å². The predicted octanol–water partition coefficient (Wildman–Crippen LogP) is -0.314. The van der Waals surface area contributed by atoms with Crippen molar-refractivity contribution in [2.75, 3.05) is 0 Å². The van der Waals surface area contributed by atoms with Crippen molar-refractivity contribution < 1.29 is 22.9 Å². The summed E-state index contributed by atoms with van der Waals surface area (Å²) < 4.78 is 3.68. The van der Waals surface area contributed by atoms with Crippen LogP contribution >= 0.6 is 37.2 Å². The predicted molar refractivity (Wildman–Crippen MR) is 78.8 cm³/mol. The Bertz CT molecular complexity index is 542. The number of hydrogen-bond donors (Lipinski definition) is 0. The third-order valence-electron chi connectivity index (χ3n) is 2.39. The molecule has 1 aromatic heterocycles. The Morgan fingerprint density at radius 3 is 2.59 bits per heavy atom. The fourth-order valence-corrected chi connectivity index (χ4v) is 1.56. The molecule has 0 amide bonds. The molecule has 0 aliphatic heterocycles. The molecule has 0 aliphatic rings.